The minimum absolute atomic E-state index is 0.00942. The van der Waals surface area contributed by atoms with Crippen molar-refractivity contribution < 1.29 is 24.2 Å². The van der Waals surface area contributed by atoms with Gasteiger partial charge in [-0.05, 0) is 25.5 Å². The van der Waals surface area contributed by atoms with Gasteiger partial charge in [-0.25, -0.2) is 4.79 Å². The molecule has 0 bridgehead atoms. The molecule has 0 unspecified atom stereocenters. The van der Waals surface area contributed by atoms with E-state index >= 15 is 0 Å². The van der Waals surface area contributed by atoms with Crippen molar-refractivity contribution in [1.29, 1.82) is 0 Å². The van der Waals surface area contributed by atoms with Gasteiger partial charge in [0.15, 0.2) is 6.10 Å². The lowest BCUT2D eigenvalue weighted by Crippen LogP contribution is -2.48. The zero-order valence-electron chi connectivity index (χ0n) is 13.5. The van der Waals surface area contributed by atoms with E-state index in [4.69, 9.17) is 9.84 Å². The predicted molar refractivity (Wildman–Crippen MR) is 86.0 cm³/mol. The summed E-state index contributed by atoms with van der Waals surface area (Å²) in [5, 5.41) is 9.10. The molecule has 1 atom stereocenters. The van der Waals surface area contributed by atoms with Gasteiger partial charge in [0.1, 0.15) is 0 Å². The van der Waals surface area contributed by atoms with Crippen LogP contribution in [0.3, 0.4) is 0 Å². The van der Waals surface area contributed by atoms with Gasteiger partial charge >= 0.3 is 5.97 Å². The Labute approximate surface area is 139 Å². The highest BCUT2D eigenvalue weighted by Crippen LogP contribution is 2.28. The minimum Gasteiger partial charge on any atom is -0.479 e. The van der Waals surface area contributed by atoms with E-state index in [2.05, 4.69) is 0 Å². The molecule has 7 heteroatoms. The maximum Gasteiger partial charge on any atom is 0.334 e. The molecule has 128 valence electrons. The third kappa shape index (κ3) is 3.12. The maximum atomic E-state index is 12.9. The fraction of sp³-hybridized carbons (Fsp3) is 0.471. The topological polar surface area (TPSA) is 87.2 Å². The lowest BCUT2D eigenvalue weighted by Gasteiger charge is -2.32. The fourth-order valence-electron chi connectivity index (χ4n) is 3.11. The van der Waals surface area contributed by atoms with Crippen molar-refractivity contribution >= 4 is 23.5 Å². The summed E-state index contributed by atoms with van der Waals surface area (Å²) in [7, 11) is 0. The van der Waals surface area contributed by atoms with Crippen LogP contribution in [0, 0.1) is 6.92 Å². The Morgan fingerprint density at radius 3 is 2.75 bits per heavy atom. The summed E-state index contributed by atoms with van der Waals surface area (Å²) in [5.41, 5.74) is 1.96. The second-order valence-corrected chi connectivity index (χ2v) is 6.12. The molecule has 2 saturated heterocycles. The number of aliphatic carboxylic acids is 1. The molecule has 0 aliphatic carbocycles. The number of anilines is 1. The number of carbonyl (C=O) groups is 3. The fourth-order valence-corrected chi connectivity index (χ4v) is 3.11. The van der Waals surface area contributed by atoms with Crippen LogP contribution < -0.4 is 4.90 Å². The molecule has 1 aromatic carbocycles. The van der Waals surface area contributed by atoms with Crippen LogP contribution in [0.5, 0.6) is 0 Å². The summed E-state index contributed by atoms with van der Waals surface area (Å²) >= 11 is 0. The Morgan fingerprint density at radius 1 is 1.29 bits per heavy atom. The number of carboxylic acids is 1. The molecule has 2 aliphatic rings. The highest BCUT2D eigenvalue weighted by atomic mass is 16.5. The summed E-state index contributed by atoms with van der Waals surface area (Å²) in [6, 6.07) is 5.42. The number of morpholine rings is 1. The molecule has 2 aliphatic heterocycles. The SMILES string of the molecule is Cc1ccc(N2CCCC2=O)c(C(=O)N2CCO[C@@H](C(=O)O)C2)c1. The first-order chi connectivity index (χ1) is 11.5. The van der Waals surface area contributed by atoms with E-state index in [9.17, 15) is 14.4 Å². The zero-order valence-corrected chi connectivity index (χ0v) is 13.5. The molecule has 0 saturated carbocycles. The monoisotopic (exact) mass is 332 g/mol. The molecule has 24 heavy (non-hydrogen) atoms. The van der Waals surface area contributed by atoms with Crippen LogP contribution in [0.15, 0.2) is 18.2 Å². The number of carboxylic acid groups (broad SMARTS) is 1. The molecule has 2 fully saturated rings. The highest BCUT2D eigenvalue weighted by molar-refractivity contribution is 6.05. The molecule has 0 radical (unpaired) electrons. The molecule has 7 nitrogen and oxygen atoms in total. The Kier molecular flexibility index (Phi) is 4.53. The van der Waals surface area contributed by atoms with Crippen LogP contribution in [-0.4, -0.2) is 60.1 Å². The molecule has 2 amide bonds. The van der Waals surface area contributed by atoms with Gasteiger partial charge in [0.2, 0.25) is 5.91 Å². The van der Waals surface area contributed by atoms with Crippen molar-refractivity contribution in [2.75, 3.05) is 31.1 Å². The Hall–Kier alpha value is -2.41. The van der Waals surface area contributed by atoms with Crippen molar-refractivity contribution in [3.05, 3.63) is 29.3 Å². The highest BCUT2D eigenvalue weighted by Gasteiger charge is 2.32. The normalized spacial score (nSPS) is 21.2. The van der Waals surface area contributed by atoms with Gasteiger partial charge in [0.25, 0.3) is 5.91 Å². The first-order valence-corrected chi connectivity index (χ1v) is 8.02. The van der Waals surface area contributed by atoms with Crippen LogP contribution in [0.2, 0.25) is 0 Å². The van der Waals surface area contributed by atoms with Gasteiger partial charge in [0, 0.05) is 19.5 Å². The Balaban J connectivity index is 1.90. The number of rotatable bonds is 3. The van der Waals surface area contributed by atoms with Crippen molar-refractivity contribution in [3.8, 4) is 0 Å². The van der Waals surface area contributed by atoms with Gasteiger partial charge < -0.3 is 19.6 Å². The standard InChI is InChI=1S/C17H20N2O5/c1-11-4-5-13(19-6-2-3-15(19)20)12(9-11)16(21)18-7-8-24-14(10-18)17(22)23/h4-5,9,14H,2-3,6-8,10H2,1H3,(H,22,23)/t14-/m1/s1. The molecule has 2 heterocycles. The van der Waals surface area contributed by atoms with Crippen LogP contribution in [-0.2, 0) is 14.3 Å². The van der Waals surface area contributed by atoms with Crippen molar-refractivity contribution in [2.24, 2.45) is 0 Å². The molecule has 1 N–H and O–H groups in total. The van der Waals surface area contributed by atoms with Gasteiger partial charge in [0.05, 0.1) is 24.4 Å². The average Bonchev–Trinajstić information content (AvgIpc) is 3.00. The van der Waals surface area contributed by atoms with Gasteiger partial charge in [-0.15, -0.1) is 0 Å². The lowest BCUT2D eigenvalue weighted by molar-refractivity contribution is -0.154. The summed E-state index contributed by atoms with van der Waals surface area (Å²) in [6.45, 7) is 3.01. The second kappa shape index (κ2) is 6.60. The second-order valence-electron chi connectivity index (χ2n) is 6.12. The number of ether oxygens (including phenoxy) is 1. The number of aryl methyl sites for hydroxylation is 1. The van der Waals surface area contributed by atoms with E-state index in [1.807, 2.05) is 13.0 Å². The average molecular weight is 332 g/mol. The van der Waals surface area contributed by atoms with Crippen LogP contribution in [0.4, 0.5) is 5.69 Å². The van der Waals surface area contributed by atoms with Gasteiger partial charge in [-0.1, -0.05) is 11.6 Å². The molecule has 1 aromatic rings. The summed E-state index contributed by atoms with van der Waals surface area (Å²) in [6.07, 6.45) is 0.253. The van der Waals surface area contributed by atoms with Gasteiger partial charge in [-0.3, -0.25) is 9.59 Å². The van der Waals surface area contributed by atoms with Crippen molar-refractivity contribution in [2.45, 2.75) is 25.9 Å². The summed E-state index contributed by atoms with van der Waals surface area (Å²) in [4.78, 5) is 39.2. The van der Waals surface area contributed by atoms with Crippen molar-refractivity contribution in [3.63, 3.8) is 0 Å². The number of amides is 2. The van der Waals surface area contributed by atoms with E-state index in [1.54, 1.807) is 17.0 Å². The molecular formula is C17H20N2O5. The smallest absolute Gasteiger partial charge is 0.334 e. The third-order valence-corrected chi connectivity index (χ3v) is 4.38. The number of benzene rings is 1. The van der Waals surface area contributed by atoms with Crippen LogP contribution in [0.1, 0.15) is 28.8 Å². The van der Waals surface area contributed by atoms with E-state index in [0.29, 0.717) is 30.8 Å². The predicted octanol–water partition coefficient (Wildman–Crippen LogP) is 1.05. The molecule has 3 rings (SSSR count). The van der Waals surface area contributed by atoms with Crippen LogP contribution in [0.25, 0.3) is 0 Å². The molecular weight excluding hydrogens is 312 g/mol. The minimum atomic E-state index is -1.08. The maximum absolute atomic E-state index is 12.9. The lowest BCUT2D eigenvalue weighted by atomic mass is 10.1. The molecule has 0 aromatic heterocycles. The van der Waals surface area contributed by atoms with E-state index in [0.717, 1.165) is 12.0 Å². The quantitative estimate of drug-likeness (QED) is 0.894. The number of nitrogens with zero attached hydrogens (tertiary/aromatic N) is 2. The molecule has 0 spiro atoms. The van der Waals surface area contributed by atoms with E-state index in [-0.39, 0.29) is 25.0 Å². The van der Waals surface area contributed by atoms with E-state index in [1.165, 1.54) is 4.90 Å². The summed E-state index contributed by atoms with van der Waals surface area (Å²) < 4.78 is 5.17. The zero-order chi connectivity index (χ0) is 17.3. The number of carbonyl (C=O) groups excluding carboxylic acids is 2. The Morgan fingerprint density at radius 2 is 2.08 bits per heavy atom. The van der Waals surface area contributed by atoms with E-state index < -0.39 is 12.1 Å². The number of hydrogen-bond donors (Lipinski definition) is 1. The van der Waals surface area contributed by atoms with Crippen molar-refractivity contribution in [1.82, 2.24) is 4.90 Å². The van der Waals surface area contributed by atoms with Crippen LogP contribution >= 0.6 is 0 Å². The third-order valence-electron chi connectivity index (χ3n) is 4.38. The van der Waals surface area contributed by atoms with Gasteiger partial charge in [-0.2, -0.15) is 0 Å². The number of hydrogen-bond acceptors (Lipinski definition) is 4. The summed E-state index contributed by atoms with van der Waals surface area (Å²) in [5.74, 6) is -1.33. The Bertz CT molecular complexity index is 688. The first kappa shape index (κ1) is 16.4. The first-order valence-electron chi connectivity index (χ1n) is 8.02. The largest absolute Gasteiger partial charge is 0.479 e.